The van der Waals surface area contributed by atoms with E-state index < -0.39 is 12.1 Å². The fourth-order valence-corrected chi connectivity index (χ4v) is 2.97. The molecule has 1 aliphatic rings. The minimum absolute atomic E-state index is 0.0601. The Bertz CT molecular complexity index is 276. The number of hydrogen-bond acceptors (Lipinski definition) is 1. The Kier molecular flexibility index (Phi) is 7.46. The molecule has 0 aromatic rings. The first kappa shape index (κ1) is 17.0. The van der Waals surface area contributed by atoms with Gasteiger partial charge in [0.2, 0.25) is 5.91 Å². The van der Waals surface area contributed by atoms with Crippen LogP contribution in [0.1, 0.15) is 44.9 Å². The zero-order valence-electron chi connectivity index (χ0n) is 10.9. The van der Waals surface area contributed by atoms with Crippen LogP contribution >= 0.6 is 22.6 Å². The zero-order chi connectivity index (χ0) is 14.3. The largest absolute Gasteiger partial charge is 0.391 e. The molecule has 0 saturated heterocycles. The number of carbonyl (C=O) groups excluding carboxylic acids is 1. The summed E-state index contributed by atoms with van der Waals surface area (Å²) in [6.45, 7) is 0.647. The van der Waals surface area contributed by atoms with E-state index in [-0.39, 0.29) is 24.7 Å². The third-order valence-corrected chi connectivity index (χ3v) is 4.43. The Morgan fingerprint density at radius 3 is 2.26 bits per heavy atom. The van der Waals surface area contributed by atoms with E-state index in [4.69, 9.17) is 0 Å². The molecule has 0 radical (unpaired) electrons. The highest BCUT2D eigenvalue weighted by atomic mass is 127. The van der Waals surface area contributed by atoms with Crippen LogP contribution < -0.4 is 5.32 Å². The lowest BCUT2D eigenvalue weighted by Crippen LogP contribution is -2.36. The molecule has 1 saturated carbocycles. The molecule has 0 aliphatic heterocycles. The van der Waals surface area contributed by atoms with Crippen molar-refractivity contribution < 1.29 is 18.0 Å². The molecule has 1 N–H and O–H groups in total. The molecular formula is C13H21F3INO. The molecule has 0 bridgehead atoms. The van der Waals surface area contributed by atoms with Gasteiger partial charge in [-0.15, -0.1) is 0 Å². The average Bonchev–Trinajstić information content (AvgIpc) is 2.37. The number of halogens is 4. The first-order chi connectivity index (χ1) is 8.95. The molecule has 0 spiro atoms. The van der Waals surface area contributed by atoms with Crippen LogP contribution in [0.25, 0.3) is 0 Å². The number of unbranched alkanes of at least 4 members (excludes halogenated alkanes) is 2. The summed E-state index contributed by atoms with van der Waals surface area (Å²) in [5.74, 6) is -1.49. The first-order valence-corrected chi connectivity index (χ1v) is 8.38. The molecule has 1 fully saturated rings. The summed E-state index contributed by atoms with van der Waals surface area (Å²) in [6.07, 6.45) is 0.00500. The maximum absolute atomic E-state index is 12.5. The third-order valence-electron chi connectivity index (χ3n) is 3.67. The Labute approximate surface area is 126 Å². The third kappa shape index (κ3) is 6.31. The van der Waals surface area contributed by atoms with E-state index in [1.807, 2.05) is 0 Å². The van der Waals surface area contributed by atoms with Crippen LogP contribution in [0.2, 0.25) is 0 Å². The number of amides is 1. The van der Waals surface area contributed by atoms with Crippen LogP contribution in [0.15, 0.2) is 0 Å². The van der Waals surface area contributed by atoms with E-state index in [0.717, 1.165) is 23.7 Å². The molecule has 1 amide bonds. The normalized spacial score (nSPS) is 24.2. The van der Waals surface area contributed by atoms with Gasteiger partial charge in [0.1, 0.15) is 0 Å². The second-order valence-corrected chi connectivity index (χ2v) is 6.21. The lowest BCUT2D eigenvalue weighted by molar-refractivity contribution is -0.184. The predicted octanol–water partition coefficient (Wildman–Crippen LogP) is 4.08. The van der Waals surface area contributed by atoms with Crippen LogP contribution in [-0.4, -0.2) is 23.1 Å². The minimum Gasteiger partial charge on any atom is -0.356 e. The van der Waals surface area contributed by atoms with E-state index in [9.17, 15) is 18.0 Å². The van der Waals surface area contributed by atoms with E-state index in [1.54, 1.807) is 0 Å². The predicted molar refractivity (Wildman–Crippen MR) is 77.3 cm³/mol. The lowest BCUT2D eigenvalue weighted by Gasteiger charge is -2.29. The van der Waals surface area contributed by atoms with Crippen molar-refractivity contribution in [1.29, 1.82) is 0 Å². The van der Waals surface area contributed by atoms with Gasteiger partial charge < -0.3 is 5.32 Å². The van der Waals surface area contributed by atoms with Gasteiger partial charge in [0.05, 0.1) is 5.92 Å². The lowest BCUT2D eigenvalue weighted by atomic mass is 9.81. The van der Waals surface area contributed by atoms with Crippen LogP contribution in [0.3, 0.4) is 0 Å². The Hall–Kier alpha value is -0.0100. The number of carbonyl (C=O) groups is 1. The average molecular weight is 391 g/mol. The van der Waals surface area contributed by atoms with E-state index in [0.29, 0.717) is 19.4 Å². The highest BCUT2D eigenvalue weighted by Crippen LogP contribution is 2.39. The molecule has 1 aliphatic carbocycles. The van der Waals surface area contributed by atoms with E-state index in [2.05, 4.69) is 27.9 Å². The van der Waals surface area contributed by atoms with E-state index >= 15 is 0 Å². The van der Waals surface area contributed by atoms with Gasteiger partial charge in [0.25, 0.3) is 0 Å². The Balaban J connectivity index is 2.18. The van der Waals surface area contributed by atoms with Crippen LogP contribution in [0.4, 0.5) is 13.2 Å². The van der Waals surface area contributed by atoms with Crippen molar-refractivity contribution in [3.8, 4) is 0 Å². The summed E-state index contributed by atoms with van der Waals surface area (Å²) >= 11 is 2.32. The minimum atomic E-state index is -4.10. The van der Waals surface area contributed by atoms with Crippen LogP contribution in [-0.2, 0) is 4.79 Å². The Morgan fingerprint density at radius 1 is 1.11 bits per heavy atom. The molecule has 6 heteroatoms. The van der Waals surface area contributed by atoms with Crippen molar-refractivity contribution in [2.24, 2.45) is 11.8 Å². The fourth-order valence-electron chi connectivity index (χ4n) is 2.44. The number of hydrogen-bond donors (Lipinski definition) is 1. The highest BCUT2D eigenvalue weighted by molar-refractivity contribution is 14.1. The molecule has 0 aromatic carbocycles. The van der Waals surface area contributed by atoms with Gasteiger partial charge in [-0.05, 0) is 43.0 Å². The molecule has 0 heterocycles. The van der Waals surface area contributed by atoms with Gasteiger partial charge in [-0.25, -0.2) is 0 Å². The summed E-state index contributed by atoms with van der Waals surface area (Å²) in [6, 6.07) is 0. The van der Waals surface area contributed by atoms with Gasteiger partial charge in [-0.3, -0.25) is 4.79 Å². The molecular weight excluding hydrogens is 370 g/mol. The standard InChI is InChI=1S/C13H21F3INO/c14-13(15,16)11-6-4-10(5-7-11)12(19)18-9-3-1-2-8-17/h10-11H,1-9H2,(H,18,19). The number of alkyl halides is 4. The molecule has 1 rings (SSSR count). The Morgan fingerprint density at radius 2 is 1.74 bits per heavy atom. The molecule has 2 nitrogen and oxygen atoms in total. The fraction of sp³-hybridized carbons (Fsp3) is 0.923. The van der Waals surface area contributed by atoms with Gasteiger partial charge in [-0.2, -0.15) is 13.2 Å². The zero-order valence-corrected chi connectivity index (χ0v) is 13.1. The first-order valence-electron chi connectivity index (χ1n) is 6.85. The number of nitrogens with one attached hydrogen (secondary N) is 1. The number of rotatable bonds is 6. The van der Waals surface area contributed by atoms with Crippen molar-refractivity contribution in [3.63, 3.8) is 0 Å². The van der Waals surface area contributed by atoms with Gasteiger partial charge >= 0.3 is 6.18 Å². The van der Waals surface area contributed by atoms with Crippen molar-refractivity contribution in [2.45, 2.75) is 51.1 Å². The van der Waals surface area contributed by atoms with Crippen molar-refractivity contribution in [2.75, 3.05) is 11.0 Å². The topological polar surface area (TPSA) is 29.1 Å². The summed E-state index contributed by atoms with van der Waals surface area (Å²) in [5, 5.41) is 2.84. The van der Waals surface area contributed by atoms with Crippen molar-refractivity contribution >= 4 is 28.5 Å². The van der Waals surface area contributed by atoms with Crippen molar-refractivity contribution in [3.05, 3.63) is 0 Å². The molecule has 0 aromatic heterocycles. The molecule has 112 valence electrons. The van der Waals surface area contributed by atoms with Gasteiger partial charge in [0.15, 0.2) is 0 Å². The quantitative estimate of drug-likeness (QED) is 0.413. The summed E-state index contributed by atoms with van der Waals surface area (Å²) in [5.41, 5.74) is 0. The van der Waals surface area contributed by atoms with Crippen molar-refractivity contribution in [1.82, 2.24) is 5.32 Å². The monoisotopic (exact) mass is 391 g/mol. The molecule has 0 atom stereocenters. The summed E-state index contributed by atoms with van der Waals surface area (Å²) in [4.78, 5) is 11.8. The smallest absolute Gasteiger partial charge is 0.356 e. The maximum Gasteiger partial charge on any atom is 0.391 e. The molecule has 19 heavy (non-hydrogen) atoms. The van der Waals surface area contributed by atoms with Gasteiger partial charge in [-0.1, -0.05) is 29.0 Å². The van der Waals surface area contributed by atoms with Crippen LogP contribution in [0.5, 0.6) is 0 Å². The van der Waals surface area contributed by atoms with Crippen LogP contribution in [0, 0.1) is 11.8 Å². The summed E-state index contributed by atoms with van der Waals surface area (Å²) in [7, 11) is 0. The second kappa shape index (κ2) is 8.32. The van der Waals surface area contributed by atoms with Gasteiger partial charge in [0, 0.05) is 12.5 Å². The van der Waals surface area contributed by atoms with E-state index in [1.165, 1.54) is 0 Å². The second-order valence-electron chi connectivity index (χ2n) is 5.13. The molecule has 0 unspecified atom stereocenters. The summed E-state index contributed by atoms with van der Waals surface area (Å²) < 4.78 is 38.6. The highest BCUT2D eigenvalue weighted by Gasteiger charge is 2.42. The maximum atomic E-state index is 12.5. The SMILES string of the molecule is O=C(NCCCCCI)C1CCC(C(F)(F)F)CC1.